The van der Waals surface area contributed by atoms with Crippen LogP contribution in [-0.2, 0) is 4.79 Å². The van der Waals surface area contributed by atoms with E-state index in [0.29, 0.717) is 28.5 Å². The Labute approximate surface area is 193 Å². The first-order valence-corrected chi connectivity index (χ1v) is 12.1. The van der Waals surface area contributed by atoms with Gasteiger partial charge in [0.25, 0.3) is 5.91 Å². The molecule has 1 aromatic heterocycles. The van der Waals surface area contributed by atoms with E-state index in [-0.39, 0.29) is 16.6 Å². The number of fused-ring (bicyclic) bond motifs is 1. The minimum atomic E-state index is -0.403. The lowest BCUT2D eigenvalue weighted by Crippen LogP contribution is -2.46. The fourth-order valence-corrected chi connectivity index (χ4v) is 5.49. The Kier molecular flexibility index (Phi) is 7.31. The van der Waals surface area contributed by atoms with Gasteiger partial charge in [-0.1, -0.05) is 30.9 Å². The van der Waals surface area contributed by atoms with Gasteiger partial charge in [-0.05, 0) is 69.8 Å². The molecule has 0 bridgehead atoms. The van der Waals surface area contributed by atoms with E-state index in [4.69, 9.17) is 16.0 Å². The number of halogens is 1. The molecule has 0 atom stereocenters. The van der Waals surface area contributed by atoms with Crippen LogP contribution < -0.4 is 10.7 Å². The second-order valence-electron chi connectivity index (χ2n) is 9.25. The van der Waals surface area contributed by atoms with Crippen molar-refractivity contribution in [1.29, 1.82) is 0 Å². The predicted octanol–water partition coefficient (Wildman–Crippen LogP) is 4.43. The highest BCUT2D eigenvalue weighted by Crippen LogP contribution is 2.44. The molecule has 1 saturated heterocycles. The van der Waals surface area contributed by atoms with E-state index >= 15 is 0 Å². The number of aldehydes is 1. The molecular formula is C25H31ClN2O4. The molecule has 1 amide bonds. The van der Waals surface area contributed by atoms with Crippen LogP contribution in [0.4, 0.5) is 0 Å². The van der Waals surface area contributed by atoms with Crippen LogP contribution in [0.25, 0.3) is 11.0 Å². The molecule has 4 rings (SSSR count). The SMILES string of the molecule is O=CC1(C2CCCCC2)CCN(CCCNC(=O)c2cc(=O)c3ccc(Cl)cc3o2)CC1. The number of carbonyl (C=O) groups is 2. The van der Waals surface area contributed by atoms with Crippen LogP contribution in [0.1, 0.15) is 61.9 Å². The number of nitrogens with one attached hydrogen (secondary N) is 1. The second-order valence-corrected chi connectivity index (χ2v) is 9.69. The lowest BCUT2D eigenvalue weighted by atomic mass is 9.65. The average Bonchev–Trinajstić information content (AvgIpc) is 2.82. The maximum Gasteiger partial charge on any atom is 0.287 e. The smallest absolute Gasteiger partial charge is 0.287 e. The van der Waals surface area contributed by atoms with Gasteiger partial charge in [-0.3, -0.25) is 9.59 Å². The van der Waals surface area contributed by atoms with Gasteiger partial charge in [-0.2, -0.15) is 0 Å². The van der Waals surface area contributed by atoms with E-state index < -0.39 is 5.91 Å². The van der Waals surface area contributed by atoms with E-state index in [1.54, 1.807) is 12.1 Å². The van der Waals surface area contributed by atoms with Gasteiger partial charge in [0.15, 0.2) is 11.2 Å². The maximum absolute atomic E-state index is 12.4. The Hall–Kier alpha value is -2.18. The monoisotopic (exact) mass is 458 g/mol. The van der Waals surface area contributed by atoms with Crippen LogP contribution in [0.3, 0.4) is 0 Å². The highest BCUT2D eigenvalue weighted by atomic mass is 35.5. The Morgan fingerprint density at radius 2 is 1.94 bits per heavy atom. The molecule has 0 radical (unpaired) electrons. The molecule has 1 aliphatic heterocycles. The first kappa shape index (κ1) is 23.0. The quantitative estimate of drug-likeness (QED) is 0.490. The van der Waals surface area contributed by atoms with Gasteiger partial charge in [-0.25, -0.2) is 0 Å². The highest BCUT2D eigenvalue weighted by Gasteiger charge is 2.41. The summed E-state index contributed by atoms with van der Waals surface area (Å²) < 4.78 is 5.59. The van der Waals surface area contributed by atoms with Gasteiger partial charge in [-0.15, -0.1) is 0 Å². The largest absolute Gasteiger partial charge is 0.451 e. The minimum absolute atomic E-state index is 0.00834. The van der Waals surface area contributed by atoms with Crippen LogP contribution in [-0.4, -0.2) is 43.3 Å². The fourth-order valence-electron chi connectivity index (χ4n) is 5.33. The van der Waals surface area contributed by atoms with Gasteiger partial charge in [0.05, 0.1) is 5.39 Å². The van der Waals surface area contributed by atoms with E-state index in [1.165, 1.54) is 50.5 Å². The molecular weight excluding hydrogens is 428 g/mol. The van der Waals surface area contributed by atoms with Crippen LogP contribution >= 0.6 is 11.6 Å². The Balaban J connectivity index is 1.24. The summed E-state index contributed by atoms with van der Waals surface area (Å²) in [6.45, 7) is 3.23. The maximum atomic E-state index is 12.4. The number of likely N-dealkylation sites (tertiary alicyclic amines) is 1. The zero-order valence-electron chi connectivity index (χ0n) is 18.4. The summed E-state index contributed by atoms with van der Waals surface area (Å²) in [5, 5.41) is 3.68. The van der Waals surface area contributed by atoms with Gasteiger partial charge in [0.2, 0.25) is 0 Å². The normalized spacial score (nSPS) is 19.7. The number of amides is 1. The molecule has 172 valence electrons. The summed E-state index contributed by atoms with van der Waals surface area (Å²) in [5.41, 5.74) is -0.0834. The molecule has 2 aromatic rings. The summed E-state index contributed by atoms with van der Waals surface area (Å²) in [6.07, 6.45) is 10.2. The number of nitrogens with zero attached hydrogens (tertiary/aromatic N) is 1. The first-order chi connectivity index (χ1) is 15.5. The van der Waals surface area contributed by atoms with Crippen LogP contribution in [0.2, 0.25) is 5.02 Å². The summed E-state index contributed by atoms with van der Waals surface area (Å²) >= 11 is 5.96. The third kappa shape index (κ3) is 5.07. The number of benzene rings is 1. The van der Waals surface area contributed by atoms with Crippen LogP contribution in [0.15, 0.2) is 33.5 Å². The first-order valence-electron chi connectivity index (χ1n) is 11.7. The summed E-state index contributed by atoms with van der Waals surface area (Å²) in [4.78, 5) is 39.0. The number of rotatable bonds is 7. The van der Waals surface area contributed by atoms with Crippen molar-refractivity contribution in [3.8, 4) is 0 Å². The lowest BCUT2D eigenvalue weighted by molar-refractivity contribution is -0.123. The van der Waals surface area contributed by atoms with E-state index in [0.717, 1.165) is 38.9 Å². The van der Waals surface area contributed by atoms with Crippen LogP contribution in [0, 0.1) is 11.3 Å². The molecule has 2 fully saturated rings. The van der Waals surface area contributed by atoms with Crippen LogP contribution in [0.5, 0.6) is 0 Å². The highest BCUT2D eigenvalue weighted by molar-refractivity contribution is 6.31. The van der Waals surface area contributed by atoms with Crippen molar-refractivity contribution in [3.05, 3.63) is 45.3 Å². The zero-order chi connectivity index (χ0) is 22.6. The molecule has 6 nitrogen and oxygen atoms in total. The van der Waals surface area contributed by atoms with Gasteiger partial charge < -0.3 is 19.4 Å². The predicted molar refractivity (Wildman–Crippen MR) is 125 cm³/mol. The lowest BCUT2D eigenvalue weighted by Gasteiger charge is -2.44. The van der Waals surface area contributed by atoms with E-state index in [2.05, 4.69) is 10.2 Å². The van der Waals surface area contributed by atoms with Gasteiger partial charge in [0, 0.05) is 29.1 Å². The van der Waals surface area contributed by atoms with Crippen molar-refractivity contribution < 1.29 is 14.0 Å². The number of hydrogen-bond acceptors (Lipinski definition) is 5. The topological polar surface area (TPSA) is 79.6 Å². The molecule has 7 heteroatoms. The molecule has 1 aliphatic carbocycles. The van der Waals surface area contributed by atoms with Crippen molar-refractivity contribution in [2.75, 3.05) is 26.2 Å². The van der Waals surface area contributed by atoms with Crippen molar-refractivity contribution in [2.45, 2.75) is 51.4 Å². The van der Waals surface area contributed by atoms with E-state index in [1.807, 2.05) is 0 Å². The average molecular weight is 459 g/mol. The number of piperidine rings is 1. The molecule has 1 aromatic carbocycles. The summed E-state index contributed by atoms with van der Waals surface area (Å²) in [7, 11) is 0. The second kappa shape index (κ2) is 10.2. The van der Waals surface area contributed by atoms with Crippen molar-refractivity contribution >= 4 is 34.8 Å². The summed E-state index contributed by atoms with van der Waals surface area (Å²) in [5.74, 6) is 0.146. The van der Waals surface area contributed by atoms with E-state index in [9.17, 15) is 14.4 Å². The molecule has 0 unspecified atom stereocenters. The standard InChI is InChI=1S/C25H31ClN2O4/c26-19-7-8-20-21(30)16-23(32-22(20)15-19)24(31)27-11-4-12-28-13-9-25(17-29,10-14-28)18-5-2-1-3-6-18/h7-8,15-18H,1-6,9-14H2,(H,27,31). The van der Waals surface area contributed by atoms with Crippen molar-refractivity contribution in [3.63, 3.8) is 0 Å². The molecule has 1 N–H and O–H groups in total. The molecule has 2 heterocycles. The molecule has 32 heavy (non-hydrogen) atoms. The Morgan fingerprint density at radius 3 is 2.66 bits per heavy atom. The summed E-state index contributed by atoms with van der Waals surface area (Å²) in [6, 6.07) is 5.98. The third-order valence-corrected chi connectivity index (χ3v) is 7.53. The molecule has 2 aliphatic rings. The third-order valence-electron chi connectivity index (χ3n) is 7.29. The minimum Gasteiger partial charge on any atom is -0.451 e. The van der Waals surface area contributed by atoms with Gasteiger partial charge in [0.1, 0.15) is 11.9 Å². The van der Waals surface area contributed by atoms with Crippen molar-refractivity contribution in [2.24, 2.45) is 11.3 Å². The van der Waals surface area contributed by atoms with Crippen molar-refractivity contribution in [1.82, 2.24) is 10.2 Å². The molecule has 0 spiro atoms. The van der Waals surface area contributed by atoms with Gasteiger partial charge >= 0.3 is 0 Å². The fraction of sp³-hybridized carbons (Fsp3) is 0.560. The zero-order valence-corrected chi connectivity index (χ0v) is 19.2. The number of carbonyl (C=O) groups excluding carboxylic acids is 2. The Bertz CT molecular complexity index is 1020. The number of hydrogen-bond donors (Lipinski definition) is 1. The Morgan fingerprint density at radius 1 is 1.19 bits per heavy atom. The molecule has 1 saturated carbocycles.